The van der Waals surface area contributed by atoms with Gasteiger partial charge in [0, 0.05) is 44.3 Å². The quantitative estimate of drug-likeness (QED) is 0.854. The van der Waals surface area contributed by atoms with Crippen molar-refractivity contribution < 1.29 is 9.59 Å². The minimum atomic E-state index is -0.283. The van der Waals surface area contributed by atoms with Crippen LogP contribution in [0.15, 0.2) is 24.3 Å². The van der Waals surface area contributed by atoms with E-state index in [1.54, 1.807) is 0 Å². The molecule has 136 valence electrons. The third-order valence-electron chi connectivity index (χ3n) is 5.27. The van der Waals surface area contributed by atoms with Gasteiger partial charge in [-0.3, -0.25) is 4.79 Å². The van der Waals surface area contributed by atoms with E-state index in [1.807, 2.05) is 4.90 Å². The van der Waals surface area contributed by atoms with Crippen molar-refractivity contribution in [1.82, 2.24) is 10.2 Å². The van der Waals surface area contributed by atoms with Gasteiger partial charge in [-0.05, 0) is 43.7 Å². The first-order valence-electron chi connectivity index (χ1n) is 9.20. The van der Waals surface area contributed by atoms with Crippen LogP contribution in [0.1, 0.15) is 31.7 Å². The molecule has 3 N–H and O–H groups in total. The van der Waals surface area contributed by atoms with Gasteiger partial charge in [-0.1, -0.05) is 18.2 Å². The molecule has 1 saturated heterocycles. The number of nitrogens with one attached hydrogen (secondary N) is 1. The Morgan fingerprint density at radius 1 is 1.32 bits per heavy atom. The van der Waals surface area contributed by atoms with Crippen LogP contribution in [0.3, 0.4) is 0 Å². The molecule has 2 aliphatic heterocycles. The molecule has 0 saturated carbocycles. The second kappa shape index (κ2) is 7.76. The Labute approximate surface area is 149 Å². The van der Waals surface area contributed by atoms with Crippen LogP contribution in [0.25, 0.3) is 0 Å². The van der Waals surface area contributed by atoms with E-state index in [0.717, 1.165) is 32.4 Å². The number of likely N-dealkylation sites (tertiary alicyclic amines) is 1. The van der Waals surface area contributed by atoms with Crippen LogP contribution < -0.4 is 16.0 Å². The molecule has 0 aromatic heterocycles. The molecule has 0 radical (unpaired) electrons. The highest BCUT2D eigenvalue weighted by Gasteiger charge is 2.27. The maximum absolute atomic E-state index is 12.4. The normalized spacial score (nSPS) is 22.6. The van der Waals surface area contributed by atoms with E-state index in [0.29, 0.717) is 25.6 Å². The first-order valence-corrected chi connectivity index (χ1v) is 9.20. The number of amides is 3. The largest absolute Gasteiger partial charge is 0.370 e. The highest BCUT2D eigenvalue weighted by Crippen LogP contribution is 2.31. The van der Waals surface area contributed by atoms with Gasteiger partial charge in [0.25, 0.3) is 0 Å². The molecule has 0 spiro atoms. The number of primary amides is 1. The number of piperidine rings is 1. The molecule has 1 aromatic rings. The molecule has 0 unspecified atom stereocenters. The Morgan fingerprint density at radius 3 is 2.92 bits per heavy atom. The topological polar surface area (TPSA) is 78.7 Å². The molecule has 0 aliphatic carbocycles. The molecule has 3 amide bonds. The van der Waals surface area contributed by atoms with Crippen molar-refractivity contribution in [2.24, 2.45) is 11.7 Å². The highest BCUT2D eigenvalue weighted by atomic mass is 16.2. The zero-order chi connectivity index (χ0) is 17.8. The van der Waals surface area contributed by atoms with Gasteiger partial charge >= 0.3 is 6.03 Å². The fraction of sp³-hybridized carbons (Fsp3) is 0.579. The van der Waals surface area contributed by atoms with Gasteiger partial charge in [0.05, 0.1) is 0 Å². The lowest BCUT2D eigenvalue weighted by Crippen LogP contribution is -2.48. The molecule has 25 heavy (non-hydrogen) atoms. The van der Waals surface area contributed by atoms with Crippen molar-refractivity contribution in [2.45, 2.75) is 38.6 Å². The van der Waals surface area contributed by atoms with Crippen LogP contribution in [0.2, 0.25) is 0 Å². The summed E-state index contributed by atoms with van der Waals surface area (Å²) >= 11 is 0. The molecule has 2 aliphatic rings. The first kappa shape index (κ1) is 17.6. The molecular weight excluding hydrogens is 316 g/mol. The predicted octanol–water partition coefficient (Wildman–Crippen LogP) is 1.73. The molecule has 6 nitrogen and oxygen atoms in total. The fourth-order valence-corrected chi connectivity index (χ4v) is 4.07. The summed E-state index contributed by atoms with van der Waals surface area (Å²) < 4.78 is 0. The van der Waals surface area contributed by atoms with Gasteiger partial charge in [-0.15, -0.1) is 0 Å². The van der Waals surface area contributed by atoms with E-state index in [-0.39, 0.29) is 17.9 Å². The molecule has 3 rings (SSSR count). The summed E-state index contributed by atoms with van der Waals surface area (Å²) in [5, 5.41) is 3.03. The maximum Gasteiger partial charge on any atom is 0.317 e. The summed E-state index contributed by atoms with van der Waals surface area (Å²) in [4.78, 5) is 27.7. The standard InChI is InChI=1S/C19H28N4O2/c1-14-11-16-6-2-3-7-17(16)23(14)10-8-21-19(25)22-9-4-5-15(13-22)12-18(20)24/h2-3,6-7,14-15H,4-5,8-13H2,1H3,(H2,20,24)(H,21,25)/t14-,15+/m0/s1. The van der Waals surface area contributed by atoms with Crippen molar-refractivity contribution >= 4 is 17.6 Å². The molecule has 0 bridgehead atoms. The Kier molecular flexibility index (Phi) is 5.46. The SMILES string of the molecule is C[C@H]1Cc2ccccc2N1CCNC(=O)N1CCC[C@H](CC(N)=O)C1. The number of carbonyl (C=O) groups excluding carboxylic acids is 2. The lowest BCUT2D eigenvalue weighted by Gasteiger charge is -2.32. The number of rotatable bonds is 5. The number of hydrogen-bond donors (Lipinski definition) is 2. The van der Waals surface area contributed by atoms with E-state index in [9.17, 15) is 9.59 Å². The van der Waals surface area contributed by atoms with Crippen LogP contribution in [0.5, 0.6) is 0 Å². The minimum Gasteiger partial charge on any atom is -0.370 e. The monoisotopic (exact) mass is 344 g/mol. The molecule has 2 atom stereocenters. The third-order valence-corrected chi connectivity index (χ3v) is 5.27. The highest BCUT2D eigenvalue weighted by molar-refractivity contribution is 5.75. The van der Waals surface area contributed by atoms with Crippen molar-refractivity contribution in [2.75, 3.05) is 31.1 Å². The van der Waals surface area contributed by atoms with Crippen molar-refractivity contribution in [3.8, 4) is 0 Å². The summed E-state index contributed by atoms with van der Waals surface area (Å²) in [6, 6.07) is 8.90. The summed E-state index contributed by atoms with van der Waals surface area (Å²) in [6.07, 6.45) is 3.33. The average molecular weight is 344 g/mol. The Morgan fingerprint density at radius 2 is 2.12 bits per heavy atom. The number of para-hydroxylation sites is 1. The Balaban J connectivity index is 1.47. The molecular formula is C19H28N4O2. The average Bonchev–Trinajstić information content (AvgIpc) is 2.90. The lowest BCUT2D eigenvalue weighted by molar-refractivity contribution is -0.119. The zero-order valence-corrected chi connectivity index (χ0v) is 14.9. The molecule has 1 aromatic carbocycles. The smallest absolute Gasteiger partial charge is 0.317 e. The fourth-order valence-electron chi connectivity index (χ4n) is 4.07. The number of hydrogen-bond acceptors (Lipinski definition) is 3. The summed E-state index contributed by atoms with van der Waals surface area (Å²) in [5.41, 5.74) is 7.95. The number of carbonyl (C=O) groups is 2. The van der Waals surface area contributed by atoms with Crippen molar-refractivity contribution in [1.29, 1.82) is 0 Å². The first-order chi connectivity index (χ1) is 12.0. The van der Waals surface area contributed by atoms with E-state index in [2.05, 4.69) is 41.4 Å². The second-order valence-corrected chi connectivity index (χ2v) is 7.23. The van der Waals surface area contributed by atoms with Gasteiger partial charge in [-0.25, -0.2) is 4.79 Å². The lowest BCUT2D eigenvalue weighted by atomic mass is 9.95. The van der Waals surface area contributed by atoms with Gasteiger partial charge in [0.1, 0.15) is 0 Å². The maximum atomic E-state index is 12.4. The molecule has 1 fully saturated rings. The third kappa shape index (κ3) is 4.24. The van der Waals surface area contributed by atoms with Gasteiger partial charge in [0.2, 0.25) is 5.91 Å². The zero-order valence-electron chi connectivity index (χ0n) is 14.9. The minimum absolute atomic E-state index is 0.0331. The van der Waals surface area contributed by atoms with Crippen LogP contribution >= 0.6 is 0 Å². The number of urea groups is 1. The van der Waals surface area contributed by atoms with Crippen LogP contribution in [0.4, 0.5) is 10.5 Å². The van der Waals surface area contributed by atoms with Crippen LogP contribution in [-0.4, -0.2) is 49.1 Å². The second-order valence-electron chi connectivity index (χ2n) is 7.23. The predicted molar refractivity (Wildman–Crippen MR) is 98.5 cm³/mol. The van der Waals surface area contributed by atoms with Crippen LogP contribution in [-0.2, 0) is 11.2 Å². The van der Waals surface area contributed by atoms with E-state index in [1.165, 1.54) is 11.3 Å². The van der Waals surface area contributed by atoms with Crippen molar-refractivity contribution in [3.63, 3.8) is 0 Å². The number of benzene rings is 1. The van der Waals surface area contributed by atoms with Crippen molar-refractivity contribution in [3.05, 3.63) is 29.8 Å². The number of nitrogens with two attached hydrogens (primary N) is 1. The van der Waals surface area contributed by atoms with Gasteiger partial charge in [0.15, 0.2) is 0 Å². The van der Waals surface area contributed by atoms with E-state index >= 15 is 0 Å². The molecule has 2 heterocycles. The summed E-state index contributed by atoms with van der Waals surface area (Å²) in [7, 11) is 0. The van der Waals surface area contributed by atoms with Gasteiger partial charge in [-0.2, -0.15) is 0 Å². The number of anilines is 1. The van der Waals surface area contributed by atoms with E-state index < -0.39 is 0 Å². The van der Waals surface area contributed by atoms with E-state index in [4.69, 9.17) is 5.73 Å². The summed E-state index contributed by atoms with van der Waals surface area (Å²) in [6.45, 7) is 5.03. The number of nitrogens with zero attached hydrogens (tertiary/aromatic N) is 2. The van der Waals surface area contributed by atoms with Gasteiger partial charge < -0.3 is 20.9 Å². The number of fused-ring (bicyclic) bond motifs is 1. The van der Waals surface area contributed by atoms with Crippen LogP contribution in [0, 0.1) is 5.92 Å². The Hall–Kier alpha value is -2.24. The Bertz CT molecular complexity index is 634. The summed E-state index contributed by atoms with van der Waals surface area (Å²) in [5.74, 6) is -0.0866. The molecule has 6 heteroatoms.